The van der Waals surface area contributed by atoms with E-state index >= 15 is 0 Å². The third-order valence-electron chi connectivity index (χ3n) is 3.99. The summed E-state index contributed by atoms with van der Waals surface area (Å²) in [4.78, 5) is 0. The molecule has 1 aromatic heterocycles. The second kappa shape index (κ2) is 4.49. The molecule has 96 valence electrons. The quantitative estimate of drug-likeness (QED) is 0.854. The van der Waals surface area contributed by atoms with Gasteiger partial charge in [-0.3, -0.25) is 0 Å². The minimum absolute atomic E-state index is 0.310. The van der Waals surface area contributed by atoms with Crippen LogP contribution in [0.1, 0.15) is 58.1 Å². The fraction of sp³-hybridized carbons (Fsp3) is 0.733. The zero-order valence-electron chi connectivity index (χ0n) is 11.7. The Morgan fingerprint density at radius 2 is 2.06 bits per heavy atom. The molecule has 1 aliphatic rings. The van der Waals surface area contributed by atoms with Gasteiger partial charge in [-0.05, 0) is 50.2 Å². The van der Waals surface area contributed by atoms with Crippen LogP contribution in [0.3, 0.4) is 0 Å². The van der Waals surface area contributed by atoms with Crippen LogP contribution in [0.2, 0.25) is 0 Å². The highest BCUT2D eigenvalue weighted by molar-refractivity contribution is 5.09. The lowest BCUT2D eigenvalue weighted by Gasteiger charge is -2.22. The molecule has 2 nitrogen and oxygen atoms in total. The first-order chi connectivity index (χ1) is 7.87. The minimum atomic E-state index is 0.310. The molecule has 2 heteroatoms. The third kappa shape index (κ3) is 2.92. The van der Waals surface area contributed by atoms with Crippen molar-refractivity contribution in [2.75, 3.05) is 0 Å². The number of furan rings is 1. The Morgan fingerprint density at radius 3 is 2.53 bits per heavy atom. The van der Waals surface area contributed by atoms with Gasteiger partial charge in [-0.15, -0.1) is 0 Å². The second-order valence-electron chi connectivity index (χ2n) is 6.49. The summed E-state index contributed by atoms with van der Waals surface area (Å²) < 4.78 is 5.68. The maximum absolute atomic E-state index is 5.68. The molecule has 0 saturated heterocycles. The molecule has 0 bridgehead atoms. The van der Waals surface area contributed by atoms with E-state index < -0.39 is 0 Å². The van der Waals surface area contributed by atoms with Crippen molar-refractivity contribution in [2.45, 2.75) is 59.5 Å². The van der Waals surface area contributed by atoms with Crippen LogP contribution in [0.5, 0.6) is 0 Å². The van der Waals surface area contributed by atoms with Gasteiger partial charge in [0.1, 0.15) is 11.5 Å². The number of hydrogen-bond acceptors (Lipinski definition) is 2. The molecular weight excluding hydrogens is 210 g/mol. The van der Waals surface area contributed by atoms with Crippen molar-refractivity contribution in [3.8, 4) is 0 Å². The first-order valence-corrected chi connectivity index (χ1v) is 6.70. The Labute approximate surface area is 105 Å². The Balaban J connectivity index is 1.98. The predicted octanol–water partition coefficient (Wildman–Crippen LogP) is 4.06. The maximum Gasteiger partial charge on any atom is 0.120 e. The van der Waals surface area contributed by atoms with Gasteiger partial charge in [-0.25, -0.2) is 0 Å². The monoisotopic (exact) mass is 235 g/mol. The van der Waals surface area contributed by atoms with Crippen LogP contribution in [0.25, 0.3) is 0 Å². The van der Waals surface area contributed by atoms with Crippen molar-refractivity contribution in [3.05, 3.63) is 23.7 Å². The predicted molar refractivity (Wildman–Crippen MR) is 71.0 cm³/mol. The van der Waals surface area contributed by atoms with E-state index in [1.165, 1.54) is 12.8 Å². The van der Waals surface area contributed by atoms with Crippen molar-refractivity contribution < 1.29 is 4.42 Å². The van der Waals surface area contributed by atoms with Gasteiger partial charge in [0.2, 0.25) is 0 Å². The van der Waals surface area contributed by atoms with Gasteiger partial charge in [0, 0.05) is 6.04 Å². The summed E-state index contributed by atoms with van der Waals surface area (Å²) in [6, 6.07) is 5.04. The molecule has 1 aromatic rings. The molecule has 0 aliphatic heterocycles. The molecular formula is C15H25NO. The zero-order valence-corrected chi connectivity index (χ0v) is 11.7. The Bertz CT molecular complexity index is 380. The standard InChI is InChI=1S/C15H25NO/c1-10-8-15(4,5)9-13(10)16-12(3)14-7-6-11(2)17-14/h6-7,10,12-13,16H,8-9H2,1-5H3. The van der Waals surface area contributed by atoms with Gasteiger partial charge in [0.25, 0.3) is 0 Å². The number of nitrogens with one attached hydrogen (secondary N) is 1. The SMILES string of the molecule is Cc1ccc(C(C)NC2CC(C)(C)CC2C)o1. The highest BCUT2D eigenvalue weighted by Gasteiger charge is 2.37. The summed E-state index contributed by atoms with van der Waals surface area (Å²) in [6.07, 6.45) is 2.58. The van der Waals surface area contributed by atoms with Gasteiger partial charge in [0.15, 0.2) is 0 Å². The average molecular weight is 235 g/mol. The van der Waals surface area contributed by atoms with Gasteiger partial charge >= 0.3 is 0 Å². The van der Waals surface area contributed by atoms with Crippen molar-refractivity contribution in [2.24, 2.45) is 11.3 Å². The molecule has 0 amide bonds. The molecule has 17 heavy (non-hydrogen) atoms. The van der Waals surface area contributed by atoms with Gasteiger partial charge < -0.3 is 9.73 Å². The Kier molecular flexibility index (Phi) is 3.35. The Morgan fingerprint density at radius 1 is 1.35 bits per heavy atom. The molecule has 0 radical (unpaired) electrons. The largest absolute Gasteiger partial charge is 0.465 e. The number of aryl methyl sites for hydroxylation is 1. The third-order valence-corrected chi connectivity index (χ3v) is 3.99. The lowest BCUT2D eigenvalue weighted by atomic mass is 9.91. The molecule has 0 aromatic carbocycles. The van der Waals surface area contributed by atoms with Gasteiger partial charge in [0.05, 0.1) is 6.04 Å². The maximum atomic E-state index is 5.68. The van der Waals surface area contributed by atoms with Gasteiger partial charge in [-0.2, -0.15) is 0 Å². The van der Waals surface area contributed by atoms with Crippen molar-refractivity contribution in [1.29, 1.82) is 0 Å². The summed E-state index contributed by atoms with van der Waals surface area (Å²) in [6.45, 7) is 11.3. The molecule has 1 aliphatic carbocycles. The van der Waals surface area contributed by atoms with Crippen LogP contribution in [0.15, 0.2) is 16.5 Å². The smallest absolute Gasteiger partial charge is 0.120 e. The number of hydrogen-bond donors (Lipinski definition) is 1. The van der Waals surface area contributed by atoms with Crippen molar-refractivity contribution >= 4 is 0 Å². The van der Waals surface area contributed by atoms with E-state index in [4.69, 9.17) is 4.42 Å². The van der Waals surface area contributed by atoms with Crippen LogP contribution >= 0.6 is 0 Å². The molecule has 1 heterocycles. The summed E-state index contributed by atoms with van der Waals surface area (Å²) in [5.41, 5.74) is 0.482. The van der Waals surface area contributed by atoms with E-state index in [0.717, 1.165) is 17.4 Å². The summed E-state index contributed by atoms with van der Waals surface area (Å²) in [7, 11) is 0. The fourth-order valence-electron chi connectivity index (χ4n) is 3.21. The van der Waals surface area contributed by atoms with E-state index in [1.54, 1.807) is 0 Å². The molecule has 3 unspecified atom stereocenters. The lowest BCUT2D eigenvalue weighted by molar-refractivity contribution is 0.335. The first kappa shape index (κ1) is 12.7. The summed E-state index contributed by atoms with van der Waals surface area (Å²) in [5.74, 6) is 2.80. The van der Waals surface area contributed by atoms with Gasteiger partial charge in [-0.1, -0.05) is 20.8 Å². The van der Waals surface area contributed by atoms with E-state index in [1.807, 2.05) is 13.0 Å². The lowest BCUT2D eigenvalue weighted by Crippen LogP contribution is -2.33. The van der Waals surface area contributed by atoms with Crippen molar-refractivity contribution in [3.63, 3.8) is 0 Å². The Hall–Kier alpha value is -0.760. The highest BCUT2D eigenvalue weighted by atomic mass is 16.3. The molecule has 1 fully saturated rings. The number of rotatable bonds is 3. The van der Waals surface area contributed by atoms with E-state index in [-0.39, 0.29) is 0 Å². The van der Waals surface area contributed by atoms with Crippen LogP contribution < -0.4 is 5.32 Å². The summed E-state index contributed by atoms with van der Waals surface area (Å²) >= 11 is 0. The fourth-order valence-corrected chi connectivity index (χ4v) is 3.21. The zero-order chi connectivity index (χ0) is 12.6. The second-order valence-corrected chi connectivity index (χ2v) is 6.49. The van der Waals surface area contributed by atoms with Crippen molar-refractivity contribution in [1.82, 2.24) is 5.32 Å². The minimum Gasteiger partial charge on any atom is -0.465 e. The van der Waals surface area contributed by atoms with Crippen LogP contribution in [-0.2, 0) is 0 Å². The van der Waals surface area contributed by atoms with Crippen LogP contribution in [-0.4, -0.2) is 6.04 Å². The average Bonchev–Trinajstić information content (AvgIpc) is 2.71. The normalized spacial score (nSPS) is 29.5. The summed E-state index contributed by atoms with van der Waals surface area (Å²) in [5, 5.41) is 3.72. The van der Waals surface area contributed by atoms with E-state index in [9.17, 15) is 0 Å². The molecule has 1 saturated carbocycles. The highest BCUT2D eigenvalue weighted by Crippen LogP contribution is 2.41. The van der Waals surface area contributed by atoms with Crippen LogP contribution in [0.4, 0.5) is 0 Å². The topological polar surface area (TPSA) is 25.2 Å². The molecule has 2 rings (SSSR count). The van der Waals surface area contributed by atoms with E-state index in [0.29, 0.717) is 17.5 Å². The molecule has 0 spiro atoms. The molecule has 1 N–H and O–H groups in total. The van der Waals surface area contributed by atoms with Crippen LogP contribution in [0, 0.1) is 18.3 Å². The first-order valence-electron chi connectivity index (χ1n) is 6.70. The molecule has 3 atom stereocenters. The van der Waals surface area contributed by atoms with E-state index in [2.05, 4.69) is 39.1 Å².